The van der Waals surface area contributed by atoms with E-state index in [9.17, 15) is 15.3 Å². The molecule has 0 radical (unpaired) electrons. The van der Waals surface area contributed by atoms with Crippen molar-refractivity contribution in [3.63, 3.8) is 0 Å². The molecule has 3 rings (SSSR count). The Hall–Kier alpha value is -2.74. The normalized spacial score (nSPS) is 13.7. The minimum atomic E-state index is -2.78. The molecule has 0 saturated heterocycles. The van der Waals surface area contributed by atoms with Gasteiger partial charge in [0.2, 0.25) is 0 Å². The number of benzene rings is 3. The van der Waals surface area contributed by atoms with E-state index < -0.39 is 14.4 Å². The van der Waals surface area contributed by atoms with Gasteiger partial charge in [0, 0.05) is 10.0 Å². The summed E-state index contributed by atoms with van der Waals surface area (Å²) in [5, 5.41) is 33.5. The largest absolute Gasteiger partial charge is 0.507 e. The maximum Gasteiger partial charge on any atom is 0.261 e. The van der Waals surface area contributed by atoms with Crippen LogP contribution in [0.15, 0.2) is 113 Å². The highest BCUT2D eigenvalue weighted by Crippen LogP contribution is 2.37. The van der Waals surface area contributed by atoms with Crippen molar-refractivity contribution < 1.29 is 19.7 Å². The van der Waals surface area contributed by atoms with Gasteiger partial charge in [-0.1, -0.05) is 129 Å². The van der Waals surface area contributed by atoms with Crippen LogP contribution in [0.1, 0.15) is 52.5 Å². The van der Waals surface area contributed by atoms with Gasteiger partial charge in [0.15, 0.2) is 0 Å². The van der Waals surface area contributed by atoms with Gasteiger partial charge in [0.25, 0.3) is 8.32 Å². The Bertz CT molecular complexity index is 1300. The summed E-state index contributed by atoms with van der Waals surface area (Å²) in [5.74, 6) is 0.217. The van der Waals surface area contributed by atoms with Crippen LogP contribution in [0.25, 0.3) is 6.08 Å². The summed E-state index contributed by atoms with van der Waals surface area (Å²) >= 11 is 3.46. The molecule has 4 nitrogen and oxygen atoms in total. The number of halogens is 1. The molecule has 1 unspecified atom stereocenters. The van der Waals surface area contributed by atoms with E-state index in [1.54, 1.807) is 18.2 Å². The lowest BCUT2D eigenvalue weighted by atomic mass is 9.95. The van der Waals surface area contributed by atoms with Crippen molar-refractivity contribution in [3.8, 4) is 5.75 Å². The summed E-state index contributed by atoms with van der Waals surface area (Å²) in [6.45, 7) is 13.1. The fourth-order valence-corrected chi connectivity index (χ4v) is 10.3. The third-order valence-electron chi connectivity index (χ3n) is 7.50. The molecule has 0 aromatic heterocycles. The Morgan fingerprint density at radius 3 is 2.10 bits per heavy atom. The smallest absolute Gasteiger partial charge is 0.261 e. The van der Waals surface area contributed by atoms with Crippen molar-refractivity contribution in [2.75, 3.05) is 13.2 Å². The summed E-state index contributed by atoms with van der Waals surface area (Å²) < 4.78 is 7.91. The van der Waals surface area contributed by atoms with Crippen LogP contribution < -0.4 is 10.4 Å². The first-order valence-corrected chi connectivity index (χ1v) is 16.8. The molecule has 218 valence electrons. The van der Waals surface area contributed by atoms with E-state index in [0.717, 1.165) is 22.0 Å². The van der Waals surface area contributed by atoms with Gasteiger partial charge in [-0.3, -0.25) is 0 Å². The second-order valence-electron chi connectivity index (χ2n) is 11.3. The van der Waals surface area contributed by atoms with Crippen molar-refractivity contribution in [1.82, 2.24) is 0 Å². The van der Waals surface area contributed by atoms with Crippen LogP contribution in [0.5, 0.6) is 5.75 Å². The molecule has 0 spiro atoms. The highest BCUT2D eigenvalue weighted by Gasteiger charge is 2.50. The minimum Gasteiger partial charge on any atom is -0.507 e. The maximum absolute atomic E-state index is 11.3. The van der Waals surface area contributed by atoms with Crippen LogP contribution in [-0.2, 0) is 4.43 Å². The quantitative estimate of drug-likeness (QED) is 0.138. The van der Waals surface area contributed by atoms with Crippen molar-refractivity contribution >= 4 is 40.7 Å². The number of hydrogen-bond acceptors (Lipinski definition) is 4. The van der Waals surface area contributed by atoms with Crippen LogP contribution >= 0.6 is 15.9 Å². The first-order valence-electron chi connectivity index (χ1n) is 14.1. The summed E-state index contributed by atoms with van der Waals surface area (Å²) in [7, 11) is -2.78. The summed E-state index contributed by atoms with van der Waals surface area (Å²) in [6, 6.07) is 26.2. The van der Waals surface area contributed by atoms with E-state index in [4.69, 9.17) is 4.43 Å². The van der Waals surface area contributed by atoms with Gasteiger partial charge in [-0.05, 0) is 64.0 Å². The van der Waals surface area contributed by atoms with Crippen LogP contribution in [0.3, 0.4) is 0 Å². The Morgan fingerprint density at radius 1 is 1.00 bits per heavy atom. The van der Waals surface area contributed by atoms with Gasteiger partial charge in [0.1, 0.15) is 5.75 Å². The van der Waals surface area contributed by atoms with Gasteiger partial charge in [-0.15, -0.1) is 0 Å². The van der Waals surface area contributed by atoms with Crippen LogP contribution in [0.4, 0.5) is 0 Å². The molecule has 0 saturated carbocycles. The predicted molar refractivity (Wildman–Crippen MR) is 177 cm³/mol. The fourth-order valence-electron chi connectivity index (χ4n) is 5.34. The molecule has 6 heteroatoms. The van der Waals surface area contributed by atoms with Gasteiger partial charge >= 0.3 is 0 Å². The molecule has 3 aromatic rings. The Balaban J connectivity index is 1.84. The molecule has 0 aliphatic rings. The molecular weight excluding hydrogens is 592 g/mol. The lowest BCUT2D eigenvalue weighted by Crippen LogP contribution is -2.66. The molecule has 0 bridgehead atoms. The van der Waals surface area contributed by atoms with E-state index in [1.165, 1.54) is 10.4 Å². The number of phenolic OH excluding ortho intramolecular Hbond substituents is 1. The van der Waals surface area contributed by atoms with Crippen molar-refractivity contribution in [2.24, 2.45) is 0 Å². The van der Waals surface area contributed by atoms with Crippen molar-refractivity contribution in [2.45, 2.75) is 58.1 Å². The average molecular weight is 636 g/mol. The monoisotopic (exact) mass is 634 g/mol. The number of allylic oxidation sites excluding steroid dienone is 1. The van der Waals surface area contributed by atoms with Gasteiger partial charge in [-0.2, -0.15) is 0 Å². The zero-order valence-corrected chi connectivity index (χ0v) is 27.2. The highest BCUT2D eigenvalue weighted by molar-refractivity contribution is 9.10. The zero-order chi connectivity index (χ0) is 30.0. The van der Waals surface area contributed by atoms with Crippen molar-refractivity contribution in [3.05, 3.63) is 118 Å². The second-order valence-corrected chi connectivity index (χ2v) is 16.5. The number of phenols is 1. The summed E-state index contributed by atoms with van der Waals surface area (Å²) in [5.41, 5.74) is 3.10. The van der Waals surface area contributed by atoms with E-state index in [2.05, 4.69) is 98.7 Å². The van der Waals surface area contributed by atoms with E-state index in [0.29, 0.717) is 24.0 Å². The average Bonchev–Trinajstić information content (AvgIpc) is 2.96. The van der Waals surface area contributed by atoms with E-state index in [-0.39, 0.29) is 24.0 Å². The topological polar surface area (TPSA) is 69.9 Å². The Morgan fingerprint density at radius 2 is 1.59 bits per heavy atom. The van der Waals surface area contributed by atoms with Gasteiger partial charge in [-0.25, -0.2) is 0 Å². The van der Waals surface area contributed by atoms with Crippen molar-refractivity contribution in [1.29, 1.82) is 0 Å². The molecule has 0 amide bonds. The lowest BCUT2D eigenvalue weighted by molar-refractivity contribution is 0.198. The Labute approximate surface area is 255 Å². The zero-order valence-electron chi connectivity index (χ0n) is 24.6. The van der Waals surface area contributed by atoms with Gasteiger partial charge in [0.05, 0.1) is 19.3 Å². The molecule has 1 atom stereocenters. The Kier molecular flexibility index (Phi) is 11.9. The number of hydrogen-bond donors (Lipinski definition) is 3. The second kappa shape index (κ2) is 14.9. The number of aromatic hydroxyl groups is 1. The molecular formula is C35H43BrO4Si. The molecule has 41 heavy (non-hydrogen) atoms. The van der Waals surface area contributed by atoms with E-state index in [1.807, 2.05) is 24.3 Å². The number of rotatable bonds is 13. The minimum absolute atomic E-state index is 0.186. The third-order valence-corrected chi connectivity index (χ3v) is 13.0. The number of aliphatic hydroxyl groups is 2. The van der Waals surface area contributed by atoms with Crippen LogP contribution in [0.2, 0.25) is 5.04 Å². The van der Waals surface area contributed by atoms with Crippen LogP contribution in [-0.4, -0.2) is 43.0 Å². The fraction of sp³-hybridized carbons (Fsp3) is 0.314. The maximum atomic E-state index is 11.3. The predicted octanol–water partition coefficient (Wildman–Crippen LogP) is 7.14. The number of aliphatic hydroxyl groups excluding tert-OH is 2. The molecule has 0 heterocycles. The molecule has 0 fully saturated rings. The van der Waals surface area contributed by atoms with E-state index >= 15 is 0 Å². The standard InChI is InChI=1S/C35H43BrO4Si/c1-6-27(23-28-24-29(36)18-20-33(28)38)17-19-34(39)32(21-22-37)26(2)25-40-41(35(3,4)5,30-13-9-7-10-14-30)31-15-11-8-12-16-31/h7-16,18,20-21,23-24,34,37-39H,2,6,17,19,22,25H2,1,3-5H3/b27-23+,32-21-. The molecule has 0 aliphatic heterocycles. The highest BCUT2D eigenvalue weighted by atomic mass is 79.9. The SMILES string of the molecule is C=C(CO[Si](c1ccccc1)(c1ccccc1)C(C)(C)C)/C(=C/CO)C(O)CC/C(=C/c1cc(Br)ccc1O)CC. The molecule has 3 aromatic carbocycles. The summed E-state index contributed by atoms with van der Waals surface area (Å²) in [6.07, 6.45) is 4.67. The first-order chi connectivity index (χ1) is 19.5. The molecule has 3 N–H and O–H groups in total. The van der Waals surface area contributed by atoms with Crippen LogP contribution in [0, 0.1) is 0 Å². The third kappa shape index (κ3) is 8.18. The van der Waals surface area contributed by atoms with Gasteiger partial charge < -0.3 is 19.7 Å². The lowest BCUT2D eigenvalue weighted by Gasteiger charge is -2.43. The molecule has 0 aliphatic carbocycles. The summed E-state index contributed by atoms with van der Waals surface area (Å²) in [4.78, 5) is 0. The first kappa shape index (κ1) is 32.8.